The molecule has 1 atom stereocenters. The number of ketones is 1. The van der Waals surface area contributed by atoms with Crippen LogP contribution in [0.15, 0.2) is 12.1 Å². The molecule has 0 aliphatic heterocycles. The second-order valence-corrected chi connectivity index (χ2v) is 6.26. The molecule has 3 N–H and O–H groups in total. The zero-order chi connectivity index (χ0) is 17.6. The molecule has 6 nitrogen and oxygen atoms in total. The standard InChI is InChI=1S/C18H18O6/c1-8-3-11-15(13(20)4-8)18(23)16-12(17(11)22)5-10(6-14(16)21)7-24-9(2)19/h3-4,10,20,22-23H,5-7H2,1-2H3. The maximum absolute atomic E-state index is 12.4. The highest BCUT2D eigenvalue weighted by Crippen LogP contribution is 2.47. The van der Waals surface area contributed by atoms with Crippen molar-refractivity contribution >= 4 is 22.5 Å². The number of ether oxygens (including phenoxy) is 1. The lowest BCUT2D eigenvalue weighted by Gasteiger charge is -2.26. The highest BCUT2D eigenvalue weighted by atomic mass is 16.5. The monoisotopic (exact) mass is 330 g/mol. The van der Waals surface area contributed by atoms with E-state index >= 15 is 0 Å². The Kier molecular flexibility index (Phi) is 3.83. The summed E-state index contributed by atoms with van der Waals surface area (Å²) in [4.78, 5) is 23.4. The number of esters is 1. The number of phenols is 3. The Morgan fingerprint density at radius 2 is 1.92 bits per heavy atom. The first kappa shape index (κ1) is 16.1. The van der Waals surface area contributed by atoms with Gasteiger partial charge in [-0.3, -0.25) is 9.59 Å². The molecule has 1 aliphatic carbocycles. The summed E-state index contributed by atoms with van der Waals surface area (Å²) >= 11 is 0. The summed E-state index contributed by atoms with van der Waals surface area (Å²) in [6.45, 7) is 3.13. The first-order valence-corrected chi connectivity index (χ1v) is 7.66. The minimum Gasteiger partial charge on any atom is -0.507 e. The number of phenolic OH excluding ortho intramolecular Hbond substituents is 3. The number of aryl methyl sites for hydroxylation is 1. The van der Waals surface area contributed by atoms with Crippen molar-refractivity contribution in [2.45, 2.75) is 26.7 Å². The molecule has 0 aromatic heterocycles. The van der Waals surface area contributed by atoms with Gasteiger partial charge in [-0.2, -0.15) is 0 Å². The highest BCUT2D eigenvalue weighted by molar-refractivity contribution is 6.11. The van der Waals surface area contributed by atoms with Crippen LogP contribution in [0.4, 0.5) is 0 Å². The smallest absolute Gasteiger partial charge is 0.302 e. The third-order valence-corrected chi connectivity index (χ3v) is 4.35. The van der Waals surface area contributed by atoms with Crippen molar-refractivity contribution in [2.75, 3.05) is 6.61 Å². The number of aromatic hydroxyl groups is 3. The second kappa shape index (κ2) is 5.70. The summed E-state index contributed by atoms with van der Waals surface area (Å²) in [5, 5.41) is 31.6. The predicted octanol–water partition coefficient (Wildman–Crippen LogP) is 2.57. The number of carbonyl (C=O) groups excluding carboxylic acids is 2. The molecule has 0 fully saturated rings. The van der Waals surface area contributed by atoms with Gasteiger partial charge in [-0.1, -0.05) is 0 Å². The molecule has 126 valence electrons. The molecule has 0 heterocycles. The van der Waals surface area contributed by atoms with Crippen LogP contribution in [0.1, 0.15) is 34.8 Å². The molecule has 0 bridgehead atoms. The number of Topliss-reactive ketones (excluding diaryl/α,β-unsaturated/α-hetero) is 1. The fourth-order valence-corrected chi connectivity index (χ4v) is 3.33. The molecule has 0 radical (unpaired) electrons. The van der Waals surface area contributed by atoms with E-state index < -0.39 is 5.97 Å². The Bertz CT molecular complexity index is 868. The maximum atomic E-state index is 12.4. The summed E-state index contributed by atoms with van der Waals surface area (Å²) in [6.07, 6.45) is 0.407. The number of hydrogen-bond donors (Lipinski definition) is 3. The Balaban J connectivity index is 2.17. The number of carbonyl (C=O) groups is 2. The molecule has 0 spiro atoms. The zero-order valence-corrected chi connectivity index (χ0v) is 13.4. The van der Waals surface area contributed by atoms with Crippen molar-refractivity contribution < 1.29 is 29.6 Å². The van der Waals surface area contributed by atoms with Crippen molar-refractivity contribution in [3.05, 3.63) is 28.8 Å². The molecule has 0 saturated heterocycles. The van der Waals surface area contributed by atoms with E-state index in [0.29, 0.717) is 22.9 Å². The Labute approximate surface area is 138 Å². The second-order valence-electron chi connectivity index (χ2n) is 6.26. The first-order valence-electron chi connectivity index (χ1n) is 7.66. The molecular weight excluding hydrogens is 312 g/mol. The normalized spacial score (nSPS) is 16.9. The van der Waals surface area contributed by atoms with Gasteiger partial charge in [0.2, 0.25) is 0 Å². The van der Waals surface area contributed by atoms with Crippen molar-refractivity contribution in [1.82, 2.24) is 0 Å². The fraction of sp³-hybridized carbons (Fsp3) is 0.333. The first-order chi connectivity index (χ1) is 11.3. The van der Waals surface area contributed by atoms with Crippen molar-refractivity contribution in [3.63, 3.8) is 0 Å². The topological polar surface area (TPSA) is 104 Å². The van der Waals surface area contributed by atoms with Crippen LogP contribution in [-0.4, -0.2) is 33.7 Å². The van der Waals surface area contributed by atoms with Gasteiger partial charge < -0.3 is 20.1 Å². The summed E-state index contributed by atoms with van der Waals surface area (Å²) in [5.74, 6) is -1.66. The molecule has 24 heavy (non-hydrogen) atoms. The van der Waals surface area contributed by atoms with Gasteiger partial charge in [0.05, 0.1) is 17.6 Å². The van der Waals surface area contributed by atoms with Crippen LogP contribution in [0, 0.1) is 12.8 Å². The van der Waals surface area contributed by atoms with Gasteiger partial charge in [-0.25, -0.2) is 0 Å². The molecule has 1 aliphatic rings. The molecule has 3 rings (SSSR count). The Morgan fingerprint density at radius 1 is 1.21 bits per heavy atom. The van der Waals surface area contributed by atoms with E-state index in [1.807, 2.05) is 0 Å². The van der Waals surface area contributed by atoms with Crippen LogP contribution >= 0.6 is 0 Å². The van der Waals surface area contributed by atoms with Gasteiger partial charge in [0.1, 0.15) is 17.2 Å². The van der Waals surface area contributed by atoms with Gasteiger partial charge in [0.25, 0.3) is 0 Å². The zero-order valence-electron chi connectivity index (χ0n) is 13.4. The molecule has 1 unspecified atom stereocenters. The number of hydrogen-bond acceptors (Lipinski definition) is 6. The number of benzene rings is 2. The van der Waals surface area contributed by atoms with Gasteiger partial charge >= 0.3 is 5.97 Å². The van der Waals surface area contributed by atoms with Gasteiger partial charge in [0, 0.05) is 30.2 Å². The molecular formula is C18H18O6. The molecule has 2 aromatic carbocycles. The third-order valence-electron chi connectivity index (χ3n) is 4.35. The van der Waals surface area contributed by atoms with E-state index in [4.69, 9.17) is 4.74 Å². The van der Waals surface area contributed by atoms with Crippen LogP contribution in [0.5, 0.6) is 17.2 Å². The van der Waals surface area contributed by atoms with E-state index in [2.05, 4.69) is 0 Å². The highest BCUT2D eigenvalue weighted by Gasteiger charge is 2.33. The van der Waals surface area contributed by atoms with E-state index in [1.54, 1.807) is 13.0 Å². The minimum atomic E-state index is -0.431. The van der Waals surface area contributed by atoms with Crippen LogP contribution in [0.25, 0.3) is 10.8 Å². The lowest BCUT2D eigenvalue weighted by atomic mass is 9.80. The van der Waals surface area contributed by atoms with Gasteiger partial charge in [-0.15, -0.1) is 0 Å². The lowest BCUT2D eigenvalue weighted by molar-refractivity contribution is -0.142. The van der Waals surface area contributed by atoms with Crippen molar-refractivity contribution in [1.29, 1.82) is 0 Å². The van der Waals surface area contributed by atoms with Crippen LogP contribution in [-0.2, 0) is 16.0 Å². The third kappa shape index (κ3) is 2.54. The SMILES string of the molecule is CC(=O)OCC1CC(=O)c2c(c(O)c3cc(C)cc(O)c3c2O)C1. The lowest BCUT2D eigenvalue weighted by Crippen LogP contribution is -2.25. The van der Waals surface area contributed by atoms with E-state index in [-0.39, 0.29) is 52.9 Å². The van der Waals surface area contributed by atoms with Gasteiger partial charge in [-0.05, 0) is 31.0 Å². The Hall–Kier alpha value is -2.76. The summed E-state index contributed by atoms with van der Waals surface area (Å²) < 4.78 is 4.97. The molecule has 2 aromatic rings. The summed E-state index contributed by atoms with van der Waals surface area (Å²) in [7, 11) is 0. The van der Waals surface area contributed by atoms with Crippen LogP contribution in [0.3, 0.4) is 0 Å². The fourth-order valence-electron chi connectivity index (χ4n) is 3.33. The summed E-state index contributed by atoms with van der Waals surface area (Å²) in [6, 6.07) is 3.11. The van der Waals surface area contributed by atoms with E-state index in [9.17, 15) is 24.9 Å². The summed E-state index contributed by atoms with van der Waals surface area (Å²) in [5.41, 5.74) is 1.09. The van der Waals surface area contributed by atoms with Crippen molar-refractivity contribution in [2.24, 2.45) is 5.92 Å². The number of fused-ring (bicyclic) bond motifs is 2. The van der Waals surface area contributed by atoms with Crippen LogP contribution < -0.4 is 0 Å². The average Bonchev–Trinajstić information content (AvgIpc) is 2.49. The number of rotatable bonds is 2. The van der Waals surface area contributed by atoms with E-state index in [1.165, 1.54) is 13.0 Å². The molecule has 0 saturated carbocycles. The van der Waals surface area contributed by atoms with Crippen LogP contribution in [0.2, 0.25) is 0 Å². The molecule has 6 heteroatoms. The van der Waals surface area contributed by atoms with Gasteiger partial charge in [0.15, 0.2) is 5.78 Å². The predicted molar refractivity (Wildman–Crippen MR) is 86.5 cm³/mol. The average molecular weight is 330 g/mol. The van der Waals surface area contributed by atoms with E-state index in [0.717, 1.165) is 0 Å². The molecule has 0 amide bonds. The Morgan fingerprint density at radius 3 is 2.58 bits per heavy atom. The maximum Gasteiger partial charge on any atom is 0.302 e. The van der Waals surface area contributed by atoms with Crippen molar-refractivity contribution in [3.8, 4) is 17.2 Å². The minimum absolute atomic E-state index is 0.0400. The quantitative estimate of drug-likeness (QED) is 0.577. The largest absolute Gasteiger partial charge is 0.507 e.